The molecular weight excluding hydrogens is 372 g/mol. The number of nitrogens with one attached hydrogen (secondary N) is 2. The van der Waals surface area contributed by atoms with Crippen LogP contribution in [0.3, 0.4) is 0 Å². The van der Waals surface area contributed by atoms with E-state index in [1.807, 2.05) is 0 Å². The largest absolute Gasteiger partial charge is 0.497 e. The molecule has 2 aromatic carbocycles. The van der Waals surface area contributed by atoms with E-state index in [0.29, 0.717) is 16.3 Å². The van der Waals surface area contributed by atoms with Gasteiger partial charge in [0.25, 0.3) is 15.9 Å². The number of amides is 1. The van der Waals surface area contributed by atoms with Gasteiger partial charge in [-0.05, 0) is 47.8 Å². The summed E-state index contributed by atoms with van der Waals surface area (Å²) in [6.45, 7) is 0. The first-order chi connectivity index (χ1) is 12.5. The molecule has 1 aromatic heterocycles. The SMILES string of the molecule is COc1ccc(S(=O)(=O)Nc2ccccc2NC(=O)c2cccs2)cc1. The molecule has 3 aromatic rings. The second kappa shape index (κ2) is 7.59. The lowest BCUT2D eigenvalue weighted by molar-refractivity contribution is 0.103. The minimum absolute atomic E-state index is 0.0951. The molecule has 6 nitrogen and oxygen atoms in total. The minimum Gasteiger partial charge on any atom is -0.497 e. The van der Waals surface area contributed by atoms with Gasteiger partial charge in [0.05, 0.1) is 28.3 Å². The summed E-state index contributed by atoms with van der Waals surface area (Å²) < 4.78 is 32.8. The summed E-state index contributed by atoms with van der Waals surface area (Å²) in [5.41, 5.74) is 0.663. The van der Waals surface area contributed by atoms with E-state index in [1.54, 1.807) is 53.9 Å². The molecule has 3 rings (SSSR count). The monoisotopic (exact) mass is 388 g/mol. The third-order valence-electron chi connectivity index (χ3n) is 3.53. The highest BCUT2D eigenvalue weighted by atomic mass is 32.2. The Morgan fingerprint density at radius 1 is 0.962 bits per heavy atom. The molecule has 2 N–H and O–H groups in total. The number of hydrogen-bond acceptors (Lipinski definition) is 5. The van der Waals surface area contributed by atoms with E-state index >= 15 is 0 Å². The third-order valence-corrected chi connectivity index (χ3v) is 5.78. The molecule has 0 saturated heterocycles. The number of rotatable bonds is 6. The van der Waals surface area contributed by atoms with Gasteiger partial charge in [-0.2, -0.15) is 0 Å². The lowest BCUT2D eigenvalue weighted by Gasteiger charge is -2.13. The molecule has 0 unspecified atom stereocenters. The number of ether oxygens (including phenoxy) is 1. The van der Waals surface area contributed by atoms with Gasteiger partial charge in [-0.15, -0.1) is 11.3 Å². The Balaban J connectivity index is 1.84. The zero-order valence-electron chi connectivity index (χ0n) is 13.8. The van der Waals surface area contributed by atoms with Crippen LogP contribution in [0.15, 0.2) is 70.9 Å². The highest BCUT2D eigenvalue weighted by molar-refractivity contribution is 7.92. The van der Waals surface area contributed by atoms with Crippen LogP contribution in [-0.4, -0.2) is 21.4 Å². The quantitative estimate of drug-likeness (QED) is 0.672. The minimum atomic E-state index is -3.80. The molecule has 0 radical (unpaired) electrons. The van der Waals surface area contributed by atoms with E-state index in [1.165, 1.54) is 30.6 Å². The van der Waals surface area contributed by atoms with Crippen LogP contribution in [0.5, 0.6) is 5.75 Å². The predicted molar refractivity (Wildman–Crippen MR) is 103 cm³/mol. The Labute approximate surface area is 155 Å². The van der Waals surface area contributed by atoms with Gasteiger partial charge in [-0.25, -0.2) is 8.42 Å². The lowest BCUT2D eigenvalue weighted by atomic mass is 10.2. The van der Waals surface area contributed by atoms with Crippen molar-refractivity contribution in [3.05, 3.63) is 70.9 Å². The highest BCUT2D eigenvalue weighted by Gasteiger charge is 2.17. The molecule has 134 valence electrons. The lowest BCUT2D eigenvalue weighted by Crippen LogP contribution is -2.16. The molecule has 0 aliphatic heterocycles. The van der Waals surface area contributed by atoms with Crippen molar-refractivity contribution in [2.24, 2.45) is 0 Å². The van der Waals surface area contributed by atoms with Gasteiger partial charge in [0, 0.05) is 0 Å². The maximum atomic E-state index is 12.6. The van der Waals surface area contributed by atoms with Crippen molar-refractivity contribution < 1.29 is 17.9 Å². The molecular formula is C18H16N2O4S2. The molecule has 0 saturated carbocycles. The van der Waals surface area contributed by atoms with Crippen LogP contribution >= 0.6 is 11.3 Å². The van der Waals surface area contributed by atoms with E-state index < -0.39 is 10.0 Å². The molecule has 0 aliphatic rings. The number of thiophene rings is 1. The van der Waals surface area contributed by atoms with Gasteiger partial charge in [0.1, 0.15) is 5.75 Å². The number of para-hydroxylation sites is 2. The van der Waals surface area contributed by atoms with Crippen LogP contribution in [0, 0.1) is 0 Å². The summed E-state index contributed by atoms with van der Waals surface area (Å²) in [5.74, 6) is 0.267. The summed E-state index contributed by atoms with van der Waals surface area (Å²) in [7, 11) is -2.30. The Morgan fingerprint density at radius 3 is 2.27 bits per heavy atom. The number of carbonyl (C=O) groups excluding carboxylic acids is 1. The second-order valence-corrected chi connectivity index (χ2v) is 7.89. The Bertz CT molecular complexity index is 998. The Kier molecular flexibility index (Phi) is 5.24. The number of hydrogen-bond donors (Lipinski definition) is 2. The Morgan fingerprint density at radius 2 is 1.65 bits per heavy atom. The maximum absolute atomic E-state index is 12.6. The van der Waals surface area contributed by atoms with Crippen LogP contribution in [0.2, 0.25) is 0 Å². The van der Waals surface area contributed by atoms with Gasteiger partial charge in [0.15, 0.2) is 0 Å². The zero-order chi connectivity index (χ0) is 18.6. The summed E-state index contributed by atoms with van der Waals surface area (Å²) in [6.07, 6.45) is 0. The first-order valence-corrected chi connectivity index (χ1v) is 9.96. The summed E-state index contributed by atoms with van der Waals surface area (Å²) in [6, 6.07) is 16.1. The van der Waals surface area contributed by atoms with Crippen molar-refractivity contribution in [1.82, 2.24) is 0 Å². The molecule has 1 amide bonds. The van der Waals surface area contributed by atoms with Crippen LogP contribution in [-0.2, 0) is 10.0 Å². The average molecular weight is 388 g/mol. The van der Waals surface area contributed by atoms with Crippen molar-refractivity contribution in [3.8, 4) is 5.75 Å². The van der Waals surface area contributed by atoms with E-state index in [2.05, 4.69) is 10.0 Å². The number of methoxy groups -OCH3 is 1. The molecule has 8 heteroatoms. The van der Waals surface area contributed by atoms with Crippen LogP contribution < -0.4 is 14.8 Å². The van der Waals surface area contributed by atoms with Crippen molar-refractivity contribution in [3.63, 3.8) is 0 Å². The second-order valence-electron chi connectivity index (χ2n) is 5.26. The van der Waals surface area contributed by atoms with Crippen LogP contribution in [0.25, 0.3) is 0 Å². The van der Waals surface area contributed by atoms with E-state index in [0.717, 1.165) is 0 Å². The van der Waals surface area contributed by atoms with Crippen molar-refractivity contribution in [2.75, 3.05) is 17.1 Å². The standard InChI is InChI=1S/C18H16N2O4S2/c1-24-13-8-10-14(11-9-13)26(22,23)20-16-6-3-2-5-15(16)19-18(21)17-7-4-12-25-17/h2-12,20H,1H3,(H,19,21). The van der Waals surface area contributed by atoms with Crippen LogP contribution in [0.1, 0.15) is 9.67 Å². The first-order valence-electron chi connectivity index (χ1n) is 7.60. The summed E-state index contributed by atoms with van der Waals surface area (Å²) in [5, 5.41) is 4.53. The third kappa shape index (κ3) is 4.04. The molecule has 0 spiro atoms. The van der Waals surface area contributed by atoms with Gasteiger partial charge < -0.3 is 10.1 Å². The van der Waals surface area contributed by atoms with Crippen molar-refractivity contribution in [2.45, 2.75) is 4.90 Å². The number of carbonyl (C=O) groups is 1. The number of sulfonamides is 1. The topological polar surface area (TPSA) is 84.5 Å². The molecule has 0 fully saturated rings. The fourth-order valence-electron chi connectivity index (χ4n) is 2.23. The molecule has 26 heavy (non-hydrogen) atoms. The van der Waals surface area contributed by atoms with E-state index in [9.17, 15) is 13.2 Å². The fourth-order valence-corrected chi connectivity index (χ4v) is 3.93. The van der Waals surface area contributed by atoms with Gasteiger partial charge >= 0.3 is 0 Å². The number of benzene rings is 2. The average Bonchev–Trinajstić information content (AvgIpc) is 3.18. The van der Waals surface area contributed by atoms with Crippen molar-refractivity contribution >= 4 is 38.6 Å². The van der Waals surface area contributed by atoms with E-state index in [4.69, 9.17) is 4.74 Å². The summed E-state index contributed by atoms with van der Waals surface area (Å²) in [4.78, 5) is 12.9. The van der Waals surface area contributed by atoms with Gasteiger partial charge in [-0.3, -0.25) is 9.52 Å². The molecule has 0 bridgehead atoms. The Hall–Kier alpha value is -2.84. The van der Waals surface area contributed by atoms with Gasteiger partial charge in [-0.1, -0.05) is 18.2 Å². The van der Waals surface area contributed by atoms with E-state index in [-0.39, 0.29) is 16.5 Å². The van der Waals surface area contributed by atoms with Crippen LogP contribution in [0.4, 0.5) is 11.4 Å². The predicted octanol–water partition coefficient (Wildman–Crippen LogP) is 3.81. The van der Waals surface area contributed by atoms with Crippen molar-refractivity contribution in [1.29, 1.82) is 0 Å². The maximum Gasteiger partial charge on any atom is 0.265 e. The first kappa shape index (κ1) is 18.0. The van der Waals surface area contributed by atoms with Gasteiger partial charge in [0.2, 0.25) is 0 Å². The molecule has 1 heterocycles. The fraction of sp³-hybridized carbons (Fsp3) is 0.0556. The number of anilines is 2. The molecule has 0 atom stereocenters. The zero-order valence-corrected chi connectivity index (χ0v) is 15.4. The normalized spacial score (nSPS) is 11.0. The highest BCUT2D eigenvalue weighted by Crippen LogP contribution is 2.26. The summed E-state index contributed by atoms with van der Waals surface area (Å²) >= 11 is 1.31. The molecule has 0 aliphatic carbocycles. The smallest absolute Gasteiger partial charge is 0.265 e.